The number of aromatic nitrogens is 4. The molecule has 0 aliphatic rings. The van der Waals surface area contributed by atoms with Gasteiger partial charge in [0.25, 0.3) is 5.56 Å². The highest BCUT2D eigenvalue weighted by Crippen LogP contribution is 2.24. The molecule has 0 fully saturated rings. The number of thioether (sulfide) groups is 1. The molecule has 0 bridgehead atoms. The summed E-state index contributed by atoms with van der Waals surface area (Å²) in [6.45, 7) is 3.17. The van der Waals surface area contributed by atoms with E-state index in [-0.39, 0.29) is 11.6 Å². The second-order valence-corrected chi connectivity index (χ2v) is 8.08. The van der Waals surface area contributed by atoms with E-state index in [1.54, 1.807) is 11.7 Å². The molecule has 7 heteroatoms. The van der Waals surface area contributed by atoms with Crippen molar-refractivity contribution in [2.45, 2.75) is 30.4 Å². The highest BCUT2D eigenvalue weighted by Gasteiger charge is 2.17. The summed E-state index contributed by atoms with van der Waals surface area (Å²) >= 11 is 1.53. The van der Waals surface area contributed by atoms with Gasteiger partial charge in [-0.3, -0.25) is 9.36 Å². The molecular formula is C23H24N4O2S. The molecule has 1 atom stereocenters. The van der Waals surface area contributed by atoms with Crippen molar-refractivity contribution in [3.05, 3.63) is 88.7 Å². The maximum Gasteiger partial charge on any atom is 0.262 e. The number of hydrogen-bond donors (Lipinski definition) is 0. The number of rotatable bonds is 8. The first-order valence-electron chi connectivity index (χ1n) is 9.84. The molecule has 0 saturated heterocycles. The monoisotopic (exact) mass is 420 g/mol. The smallest absolute Gasteiger partial charge is 0.262 e. The number of methoxy groups -OCH3 is 1. The van der Waals surface area contributed by atoms with Gasteiger partial charge in [-0.15, -0.1) is 0 Å². The minimum atomic E-state index is -0.119. The summed E-state index contributed by atoms with van der Waals surface area (Å²) in [5, 5.41) is 1.30. The van der Waals surface area contributed by atoms with Crippen LogP contribution in [-0.2, 0) is 17.0 Å². The lowest BCUT2D eigenvalue weighted by atomic mass is 10.2. The lowest BCUT2D eigenvalue weighted by molar-refractivity contribution is 0.156. The van der Waals surface area contributed by atoms with Gasteiger partial charge < -0.3 is 9.30 Å². The van der Waals surface area contributed by atoms with Gasteiger partial charge in [-0.05, 0) is 24.6 Å². The second-order valence-electron chi connectivity index (χ2n) is 7.14. The summed E-state index contributed by atoms with van der Waals surface area (Å²) in [4.78, 5) is 22.5. The molecule has 2 aromatic heterocycles. The minimum Gasteiger partial charge on any atom is -0.383 e. The van der Waals surface area contributed by atoms with Crippen LogP contribution in [0.25, 0.3) is 10.9 Å². The lowest BCUT2D eigenvalue weighted by Gasteiger charge is -2.19. The van der Waals surface area contributed by atoms with Gasteiger partial charge in [0.05, 0.1) is 29.3 Å². The van der Waals surface area contributed by atoms with E-state index in [0.29, 0.717) is 28.4 Å². The number of nitrogens with zero attached hydrogens (tertiary/aromatic N) is 4. The Morgan fingerprint density at radius 2 is 1.87 bits per heavy atom. The van der Waals surface area contributed by atoms with E-state index in [9.17, 15) is 4.79 Å². The second kappa shape index (κ2) is 9.28. The van der Waals surface area contributed by atoms with Gasteiger partial charge in [0.1, 0.15) is 5.82 Å². The van der Waals surface area contributed by atoms with Gasteiger partial charge in [-0.25, -0.2) is 9.97 Å². The van der Waals surface area contributed by atoms with E-state index in [2.05, 4.69) is 21.7 Å². The number of hydrogen-bond acceptors (Lipinski definition) is 5. The normalized spacial score (nSPS) is 12.3. The van der Waals surface area contributed by atoms with Crippen LogP contribution in [-0.4, -0.2) is 32.8 Å². The van der Waals surface area contributed by atoms with Crippen molar-refractivity contribution in [3.8, 4) is 0 Å². The number of imidazole rings is 1. The fourth-order valence-corrected chi connectivity index (χ4v) is 4.53. The van der Waals surface area contributed by atoms with Crippen LogP contribution in [0.2, 0.25) is 0 Å². The molecule has 0 amide bonds. The molecule has 2 aromatic carbocycles. The van der Waals surface area contributed by atoms with E-state index in [1.807, 2.05) is 61.8 Å². The first-order valence-corrected chi connectivity index (χ1v) is 10.8. The minimum absolute atomic E-state index is 0.0414. The van der Waals surface area contributed by atoms with Crippen molar-refractivity contribution in [2.75, 3.05) is 13.7 Å². The van der Waals surface area contributed by atoms with Crippen LogP contribution in [0.4, 0.5) is 0 Å². The zero-order valence-electron chi connectivity index (χ0n) is 17.1. The van der Waals surface area contributed by atoms with Crippen LogP contribution in [0, 0.1) is 0 Å². The highest BCUT2D eigenvalue weighted by atomic mass is 32.2. The van der Waals surface area contributed by atoms with E-state index in [1.165, 1.54) is 17.3 Å². The third-order valence-electron chi connectivity index (χ3n) is 4.95. The molecular weight excluding hydrogens is 396 g/mol. The molecule has 6 nitrogen and oxygen atoms in total. The Hall–Kier alpha value is -2.90. The molecule has 1 unspecified atom stereocenters. The first kappa shape index (κ1) is 20.4. The first-order chi connectivity index (χ1) is 14.7. The Balaban J connectivity index is 1.64. The maximum absolute atomic E-state index is 13.2. The number of fused-ring (bicyclic) bond motifs is 1. The predicted octanol–water partition coefficient (Wildman–Crippen LogP) is 4.14. The van der Waals surface area contributed by atoms with Crippen LogP contribution < -0.4 is 5.56 Å². The quantitative estimate of drug-likeness (QED) is 0.317. The summed E-state index contributed by atoms with van der Waals surface area (Å²) in [6, 6.07) is 17.6. The largest absolute Gasteiger partial charge is 0.383 e. The fraction of sp³-hybridized carbons (Fsp3) is 0.261. The molecule has 0 aliphatic heterocycles. The maximum atomic E-state index is 13.2. The van der Waals surface area contributed by atoms with Crippen LogP contribution in [0.3, 0.4) is 0 Å². The average Bonchev–Trinajstić information content (AvgIpc) is 3.20. The predicted molar refractivity (Wildman–Crippen MR) is 120 cm³/mol. The summed E-state index contributed by atoms with van der Waals surface area (Å²) in [5.74, 6) is 1.56. The van der Waals surface area contributed by atoms with Gasteiger partial charge in [0, 0.05) is 26.0 Å². The van der Waals surface area contributed by atoms with Gasteiger partial charge in [-0.1, -0.05) is 54.2 Å². The van der Waals surface area contributed by atoms with E-state index >= 15 is 0 Å². The van der Waals surface area contributed by atoms with Gasteiger partial charge in [0.15, 0.2) is 5.16 Å². The highest BCUT2D eigenvalue weighted by molar-refractivity contribution is 7.98. The number of benzene rings is 2. The van der Waals surface area contributed by atoms with Gasteiger partial charge in [0.2, 0.25) is 0 Å². The van der Waals surface area contributed by atoms with Crippen LogP contribution >= 0.6 is 11.8 Å². The Labute approximate surface area is 179 Å². The molecule has 0 radical (unpaired) electrons. The van der Waals surface area contributed by atoms with Crippen molar-refractivity contribution in [1.29, 1.82) is 0 Å². The molecule has 0 aliphatic carbocycles. The Morgan fingerprint density at radius 3 is 2.67 bits per heavy atom. The van der Waals surface area contributed by atoms with E-state index in [0.717, 1.165) is 12.4 Å². The van der Waals surface area contributed by atoms with Crippen LogP contribution in [0.15, 0.2) is 76.9 Å². The van der Waals surface area contributed by atoms with Crippen LogP contribution in [0.1, 0.15) is 24.4 Å². The SMILES string of the molecule is COCC(C)n1c(SCc2nccn2Cc2ccccc2)nc2ccccc2c1=O. The number of ether oxygens (including phenoxy) is 1. The fourth-order valence-electron chi connectivity index (χ4n) is 3.47. The standard InChI is InChI=1S/C23H24N4O2S/c1-17(15-29-2)27-22(28)19-10-6-7-11-20(19)25-23(27)30-16-21-24-12-13-26(21)14-18-8-4-3-5-9-18/h3-13,17H,14-16H2,1-2H3. The molecule has 0 saturated carbocycles. The molecule has 154 valence electrons. The zero-order valence-corrected chi connectivity index (χ0v) is 17.9. The van der Waals surface area contributed by atoms with Crippen molar-refractivity contribution in [1.82, 2.24) is 19.1 Å². The van der Waals surface area contributed by atoms with Crippen molar-refractivity contribution >= 4 is 22.7 Å². The molecule has 4 aromatic rings. The molecule has 30 heavy (non-hydrogen) atoms. The topological polar surface area (TPSA) is 61.9 Å². The summed E-state index contributed by atoms with van der Waals surface area (Å²) in [5.41, 5.74) is 1.88. The Bertz CT molecular complexity index is 1190. The lowest BCUT2D eigenvalue weighted by Crippen LogP contribution is -2.28. The average molecular weight is 421 g/mol. The Morgan fingerprint density at radius 1 is 1.10 bits per heavy atom. The molecule has 2 heterocycles. The summed E-state index contributed by atoms with van der Waals surface area (Å²) in [6.07, 6.45) is 3.80. The molecule has 4 rings (SSSR count). The zero-order chi connectivity index (χ0) is 20.9. The van der Waals surface area contributed by atoms with Crippen molar-refractivity contribution in [3.63, 3.8) is 0 Å². The van der Waals surface area contributed by atoms with Crippen molar-refractivity contribution in [2.24, 2.45) is 0 Å². The molecule has 0 N–H and O–H groups in total. The van der Waals surface area contributed by atoms with Gasteiger partial charge >= 0.3 is 0 Å². The Kier molecular flexibility index (Phi) is 6.30. The number of para-hydroxylation sites is 1. The summed E-state index contributed by atoms with van der Waals surface area (Å²) in [7, 11) is 1.64. The third kappa shape index (κ3) is 4.32. The molecule has 0 spiro atoms. The van der Waals surface area contributed by atoms with Gasteiger partial charge in [-0.2, -0.15) is 0 Å². The van der Waals surface area contributed by atoms with Crippen molar-refractivity contribution < 1.29 is 4.74 Å². The third-order valence-corrected chi connectivity index (χ3v) is 5.90. The van der Waals surface area contributed by atoms with Crippen LogP contribution in [0.5, 0.6) is 0 Å². The summed E-state index contributed by atoms with van der Waals surface area (Å²) < 4.78 is 9.17. The van der Waals surface area contributed by atoms with E-state index in [4.69, 9.17) is 9.72 Å². The van der Waals surface area contributed by atoms with E-state index < -0.39 is 0 Å².